The molecule has 77 heavy (non-hydrogen) atoms. The molecule has 29 atom stereocenters. The predicted octanol–water partition coefficient (Wildman–Crippen LogP) is -1.21. The standard InChI is InChI=1S/C53H82O24/c1-20-28(56)31(59)39(75-43-36(64)33(61)37(21(2)72-43)73-42-34(62)29(57)25(55)19-70-42)45(71-20)77-47(69)53-15-13-48(3,4)17-23(53)22-9-10-26-49(5)18-24(54)40(76-44-35(63)30(58)32(60)38(74-44)41(65)66)52(8,46(67)68)27(49)11-12-51(26,7)50(22,6)14-16-53/h9,20-21,23-40,42-45,54-64H,10-19H2,1-8H3,(H,65,66)(H,67,68)/t20-,21+,23+,24+,25-,26-,27?,28+,29+,30+,31+,32+,33+,34-,35-,36-,37+,38+,39-,40+,42+,43+,44+,45+,49-,50-,51-,52+,53+/m1/s1. The normalized spacial score (nSPS) is 54.6. The summed E-state index contributed by atoms with van der Waals surface area (Å²) in [4.78, 5) is 41.0. The lowest BCUT2D eigenvalue weighted by Gasteiger charge is -2.71. The molecule has 9 rings (SSSR count). The maximum atomic E-state index is 15.4. The Morgan fingerprint density at radius 2 is 1.18 bits per heavy atom. The number of carboxylic acid groups (broad SMARTS) is 2. The van der Waals surface area contributed by atoms with Gasteiger partial charge in [-0.1, -0.05) is 46.3 Å². The van der Waals surface area contributed by atoms with Gasteiger partial charge in [0.2, 0.25) is 6.29 Å². The van der Waals surface area contributed by atoms with Crippen LogP contribution in [0.2, 0.25) is 0 Å². The fourth-order valence-corrected chi connectivity index (χ4v) is 16.2. The highest BCUT2D eigenvalue weighted by Crippen LogP contribution is 2.76. The molecule has 8 fully saturated rings. The molecule has 13 N–H and O–H groups in total. The monoisotopic (exact) mass is 1100 g/mol. The van der Waals surface area contributed by atoms with E-state index in [2.05, 4.69) is 33.8 Å². The first kappa shape index (κ1) is 59.1. The van der Waals surface area contributed by atoms with Gasteiger partial charge in [0, 0.05) is 0 Å². The molecule has 4 saturated heterocycles. The van der Waals surface area contributed by atoms with Crippen molar-refractivity contribution in [2.45, 2.75) is 242 Å². The largest absolute Gasteiger partial charge is 0.481 e. The van der Waals surface area contributed by atoms with Crippen molar-refractivity contribution in [3.63, 3.8) is 0 Å². The fourth-order valence-electron chi connectivity index (χ4n) is 16.2. The molecule has 0 spiro atoms. The number of rotatable bonds is 10. The van der Waals surface area contributed by atoms with Gasteiger partial charge in [-0.05, 0) is 118 Å². The summed E-state index contributed by atoms with van der Waals surface area (Å²) in [5, 5.41) is 141. The van der Waals surface area contributed by atoms with E-state index in [1.807, 2.05) is 6.92 Å². The van der Waals surface area contributed by atoms with Crippen LogP contribution in [0.1, 0.15) is 113 Å². The third-order valence-electron chi connectivity index (χ3n) is 21.0. The van der Waals surface area contributed by atoms with Crippen molar-refractivity contribution >= 4 is 17.9 Å². The summed E-state index contributed by atoms with van der Waals surface area (Å²) in [5.74, 6) is -4.76. The van der Waals surface area contributed by atoms with E-state index in [1.165, 1.54) is 20.8 Å². The van der Waals surface area contributed by atoms with Gasteiger partial charge in [-0.25, -0.2) is 4.79 Å². The average molecular weight is 1100 g/mol. The van der Waals surface area contributed by atoms with Crippen LogP contribution < -0.4 is 0 Å². The first-order valence-electron chi connectivity index (χ1n) is 27.2. The summed E-state index contributed by atoms with van der Waals surface area (Å²) in [6.07, 6.45) is -28.5. The van der Waals surface area contributed by atoms with E-state index in [1.54, 1.807) is 0 Å². The van der Waals surface area contributed by atoms with Crippen LogP contribution in [0.5, 0.6) is 0 Å². The van der Waals surface area contributed by atoms with Crippen molar-refractivity contribution in [3.8, 4) is 0 Å². The topological polar surface area (TPSA) is 388 Å². The zero-order valence-electron chi connectivity index (χ0n) is 44.8. The second kappa shape index (κ2) is 20.7. The summed E-state index contributed by atoms with van der Waals surface area (Å²) >= 11 is 0. The molecule has 4 saturated carbocycles. The van der Waals surface area contributed by atoms with Gasteiger partial charge >= 0.3 is 17.9 Å². The first-order chi connectivity index (χ1) is 35.8. The third-order valence-corrected chi connectivity index (χ3v) is 21.0. The van der Waals surface area contributed by atoms with Crippen LogP contribution in [0.25, 0.3) is 0 Å². The van der Waals surface area contributed by atoms with Crippen molar-refractivity contribution in [1.82, 2.24) is 0 Å². The summed E-state index contributed by atoms with van der Waals surface area (Å²) in [7, 11) is 0. The highest BCUT2D eigenvalue weighted by Gasteiger charge is 2.73. The van der Waals surface area contributed by atoms with Crippen LogP contribution in [0.15, 0.2) is 11.6 Å². The lowest BCUT2D eigenvalue weighted by Crippen LogP contribution is -2.70. The molecule has 4 heterocycles. The number of ether oxygens (including phenoxy) is 8. The van der Waals surface area contributed by atoms with Crippen molar-refractivity contribution in [1.29, 1.82) is 0 Å². The van der Waals surface area contributed by atoms with Gasteiger partial charge in [-0.15, -0.1) is 0 Å². The molecular weight excluding hydrogens is 1020 g/mol. The highest BCUT2D eigenvalue weighted by atomic mass is 16.8. The second-order valence-electron chi connectivity index (χ2n) is 25.8. The van der Waals surface area contributed by atoms with Crippen molar-refractivity contribution in [3.05, 3.63) is 11.6 Å². The van der Waals surface area contributed by atoms with Gasteiger partial charge in [0.1, 0.15) is 73.2 Å². The summed E-state index contributed by atoms with van der Waals surface area (Å²) < 4.78 is 47.1. The zero-order chi connectivity index (χ0) is 56.6. The molecule has 1 unspecified atom stereocenters. The summed E-state index contributed by atoms with van der Waals surface area (Å²) in [5.41, 5.74) is -4.03. The number of aliphatic hydroxyl groups excluding tert-OH is 11. The smallest absolute Gasteiger partial charge is 0.335 e. The van der Waals surface area contributed by atoms with Gasteiger partial charge in [-0.2, -0.15) is 0 Å². The number of hydrogen-bond donors (Lipinski definition) is 13. The Balaban J connectivity index is 0.966. The maximum absolute atomic E-state index is 15.4. The Labute approximate surface area is 446 Å². The summed E-state index contributed by atoms with van der Waals surface area (Å²) in [6.45, 7) is 14.8. The molecular formula is C53H82O24. The molecule has 5 aliphatic carbocycles. The van der Waals surface area contributed by atoms with Crippen LogP contribution in [0.4, 0.5) is 0 Å². The van der Waals surface area contributed by atoms with E-state index in [4.69, 9.17) is 37.9 Å². The summed E-state index contributed by atoms with van der Waals surface area (Å²) in [6, 6.07) is 0. The molecule has 438 valence electrons. The van der Waals surface area contributed by atoms with E-state index in [0.717, 1.165) is 5.57 Å². The van der Waals surface area contributed by atoms with Gasteiger partial charge in [-0.3, -0.25) is 9.59 Å². The van der Waals surface area contributed by atoms with Crippen LogP contribution >= 0.6 is 0 Å². The number of carbonyl (C=O) groups is 3. The van der Waals surface area contributed by atoms with Crippen molar-refractivity contribution < 1.29 is 119 Å². The zero-order valence-corrected chi connectivity index (χ0v) is 44.8. The lowest BCUT2D eigenvalue weighted by atomic mass is 9.33. The Hall–Kier alpha value is -2.57. The number of carbonyl (C=O) groups excluding carboxylic acids is 1. The van der Waals surface area contributed by atoms with Crippen LogP contribution in [0, 0.1) is 50.2 Å². The van der Waals surface area contributed by atoms with E-state index in [9.17, 15) is 76.0 Å². The van der Waals surface area contributed by atoms with Crippen LogP contribution in [-0.4, -0.2) is 220 Å². The van der Waals surface area contributed by atoms with E-state index in [0.29, 0.717) is 51.4 Å². The van der Waals surface area contributed by atoms with Gasteiger partial charge in [0.15, 0.2) is 31.1 Å². The number of carboxylic acids is 2. The predicted molar refractivity (Wildman–Crippen MR) is 258 cm³/mol. The lowest BCUT2D eigenvalue weighted by molar-refractivity contribution is -0.373. The van der Waals surface area contributed by atoms with Gasteiger partial charge in [0.05, 0.1) is 35.7 Å². The van der Waals surface area contributed by atoms with Gasteiger partial charge in [0.25, 0.3) is 0 Å². The van der Waals surface area contributed by atoms with Gasteiger partial charge < -0.3 is 104 Å². The highest BCUT2D eigenvalue weighted by molar-refractivity contribution is 5.79. The molecule has 0 aromatic carbocycles. The molecule has 4 aliphatic heterocycles. The molecule has 0 amide bonds. The molecule has 0 bridgehead atoms. The number of aliphatic carboxylic acids is 2. The SMILES string of the molecule is C[C@@H]1O[C@@H](O[C@H]2[C@H](OC(=O)[C@]34CCC(C)(C)C[C@H]3C3=CC[C@@H]5[C@@]6(C)C[C@H](O)[C@H](O[C@@H]7O[C@H](C(=O)O)[C@@H](O)[C@H](O)[C@H]7O)[C@@](C)(C(=O)O)C6CC[C@@]5(C)[C@]3(C)CC4)O[C@H](C)[C@H](O)[C@@H]2O)[C@H](O)[C@H](O)[C@H]1O[C@@H]1OC[C@@H](O)[C@H](O)[C@H]1O. The molecule has 24 heteroatoms. The number of esters is 1. The Morgan fingerprint density at radius 1 is 0.584 bits per heavy atom. The molecule has 24 nitrogen and oxygen atoms in total. The number of allylic oxidation sites excluding steroid dienone is 2. The number of fused-ring (bicyclic) bond motifs is 7. The quantitative estimate of drug-likeness (QED) is 0.0693. The average Bonchev–Trinajstić information content (AvgIpc) is 3.52. The van der Waals surface area contributed by atoms with E-state index in [-0.39, 0.29) is 30.3 Å². The second-order valence-corrected chi connectivity index (χ2v) is 25.8. The minimum atomic E-state index is -2.01. The van der Waals surface area contributed by atoms with Crippen molar-refractivity contribution in [2.75, 3.05) is 6.61 Å². The van der Waals surface area contributed by atoms with Crippen LogP contribution in [-0.2, 0) is 52.3 Å². The van der Waals surface area contributed by atoms with Crippen LogP contribution in [0.3, 0.4) is 0 Å². The Morgan fingerprint density at radius 3 is 1.84 bits per heavy atom. The Kier molecular flexibility index (Phi) is 15.9. The number of aliphatic hydroxyl groups is 11. The molecule has 0 aromatic rings. The van der Waals surface area contributed by atoms with Crippen molar-refractivity contribution in [2.24, 2.45) is 50.2 Å². The minimum Gasteiger partial charge on any atom is -0.481 e. The number of hydrogen-bond acceptors (Lipinski definition) is 22. The van der Waals surface area contributed by atoms with E-state index < -0.39 is 180 Å². The Bertz CT molecular complexity index is 2250. The first-order valence-corrected chi connectivity index (χ1v) is 27.2. The fraction of sp³-hybridized carbons (Fsp3) is 0.906. The minimum absolute atomic E-state index is 0.0584. The third kappa shape index (κ3) is 9.33. The molecule has 9 aliphatic rings. The molecule has 0 aromatic heterocycles. The van der Waals surface area contributed by atoms with E-state index >= 15 is 4.79 Å². The molecule has 0 radical (unpaired) electrons. The maximum Gasteiger partial charge on any atom is 0.335 e.